The molecule has 13 unspecified atom stereocenters. The Kier molecular flexibility index (Phi) is 17.4. The van der Waals surface area contributed by atoms with Crippen molar-refractivity contribution in [3.63, 3.8) is 0 Å². The van der Waals surface area contributed by atoms with Gasteiger partial charge >= 0.3 is 0 Å². The molecular weight excluding hydrogens is 537 g/mol. The number of rotatable bonds is 16. The van der Waals surface area contributed by atoms with Crippen molar-refractivity contribution < 1.29 is 0 Å². The first-order valence-electron chi connectivity index (χ1n) is 13.0. The first-order valence-corrected chi connectivity index (χ1v) is 15.6. The van der Waals surface area contributed by atoms with Gasteiger partial charge in [-0.2, -0.15) is 0 Å². The second kappa shape index (κ2) is 16.6. The molecule has 0 bridgehead atoms. The Labute approximate surface area is 236 Å². The Morgan fingerprint density at radius 3 is 0.848 bits per heavy atom. The van der Waals surface area contributed by atoms with Gasteiger partial charge in [-0.1, -0.05) is 88.5 Å². The van der Waals surface area contributed by atoms with E-state index in [1.54, 1.807) is 0 Å². The van der Waals surface area contributed by atoms with Crippen molar-refractivity contribution >= 4 is 69.6 Å². The van der Waals surface area contributed by atoms with Crippen LogP contribution >= 0.6 is 69.6 Å². The highest BCUT2D eigenvalue weighted by Gasteiger charge is 2.40. The van der Waals surface area contributed by atoms with Gasteiger partial charge in [0, 0.05) is 32.3 Å². The number of halogens is 6. The van der Waals surface area contributed by atoms with Crippen LogP contribution in [0.1, 0.15) is 88.5 Å². The molecule has 6 heteroatoms. The van der Waals surface area contributed by atoms with Gasteiger partial charge in [0.25, 0.3) is 0 Å². The smallest absolute Gasteiger partial charge is 0.0415 e. The van der Waals surface area contributed by atoms with E-state index in [0.29, 0.717) is 17.8 Å². The first-order chi connectivity index (χ1) is 15.2. The van der Waals surface area contributed by atoms with Gasteiger partial charge in [-0.15, -0.1) is 69.6 Å². The maximum absolute atomic E-state index is 6.99. The van der Waals surface area contributed by atoms with Gasteiger partial charge in [0.2, 0.25) is 0 Å². The topological polar surface area (TPSA) is 0 Å². The molecule has 0 N–H and O–H groups in total. The SMILES string of the molecule is CCC(C)C(C)C(Cl)C(C)C(Cl)C(C)C(Cl)C(C)C(Cl)C(C)C(Cl)C(C)C(Cl)C(CC)CC. The summed E-state index contributed by atoms with van der Waals surface area (Å²) in [6.45, 7) is 21.7. The number of hydrogen-bond acceptors (Lipinski definition) is 0. The van der Waals surface area contributed by atoms with Crippen LogP contribution in [0.15, 0.2) is 0 Å². The van der Waals surface area contributed by atoms with Gasteiger partial charge in [0.15, 0.2) is 0 Å². The highest BCUT2D eigenvalue weighted by molar-refractivity contribution is 6.27. The molecule has 0 spiro atoms. The second-order valence-corrected chi connectivity index (χ2v) is 13.8. The molecule has 200 valence electrons. The average Bonchev–Trinajstić information content (AvgIpc) is 2.83. The van der Waals surface area contributed by atoms with E-state index in [9.17, 15) is 0 Å². The zero-order chi connectivity index (χ0) is 26.2. The van der Waals surface area contributed by atoms with E-state index in [1.165, 1.54) is 0 Å². The molecule has 0 aromatic rings. The van der Waals surface area contributed by atoms with Crippen LogP contribution in [0.2, 0.25) is 0 Å². The van der Waals surface area contributed by atoms with Crippen molar-refractivity contribution in [1.82, 2.24) is 0 Å². The predicted octanol–water partition coefficient (Wildman–Crippen LogP) is 10.9. The van der Waals surface area contributed by atoms with Gasteiger partial charge in [0.1, 0.15) is 0 Å². The highest BCUT2D eigenvalue weighted by atomic mass is 35.5. The van der Waals surface area contributed by atoms with E-state index in [-0.39, 0.29) is 61.9 Å². The molecule has 0 aromatic heterocycles. The number of hydrogen-bond donors (Lipinski definition) is 0. The maximum atomic E-state index is 6.99. The van der Waals surface area contributed by atoms with Crippen LogP contribution in [0.4, 0.5) is 0 Å². The molecule has 0 rings (SSSR count). The Hall–Kier alpha value is 1.74. The van der Waals surface area contributed by atoms with Crippen molar-refractivity contribution in [3.05, 3.63) is 0 Å². The van der Waals surface area contributed by atoms with Gasteiger partial charge in [-0.3, -0.25) is 0 Å². The lowest BCUT2D eigenvalue weighted by molar-refractivity contribution is 0.262. The van der Waals surface area contributed by atoms with Crippen molar-refractivity contribution in [2.45, 2.75) is 121 Å². The lowest BCUT2D eigenvalue weighted by Gasteiger charge is -2.39. The lowest BCUT2D eigenvalue weighted by atomic mass is 9.78. The largest absolute Gasteiger partial charge is 0.122 e. The summed E-state index contributed by atoms with van der Waals surface area (Å²) in [6.07, 6.45) is 3.22. The molecule has 0 nitrogen and oxygen atoms in total. The van der Waals surface area contributed by atoms with Crippen LogP contribution in [-0.2, 0) is 0 Å². The third kappa shape index (κ3) is 9.52. The quantitative estimate of drug-likeness (QED) is 0.158. The van der Waals surface area contributed by atoms with E-state index < -0.39 is 0 Å². The fraction of sp³-hybridized carbons (Fsp3) is 1.00. The van der Waals surface area contributed by atoms with Crippen LogP contribution in [0.3, 0.4) is 0 Å². The summed E-state index contributed by atoms with van der Waals surface area (Å²) in [4.78, 5) is 0. The first kappa shape index (κ1) is 34.7. The van der Waals surface area contributed by atoms with Gasteiger partial charge < -0.3 is 0 Å². The van der Waals surface area contributed by atoms with Crippen LogP contribution in [0, 0.1) is 47.3 Å². The van der Waals surface area contributed by atoms with E-state index in [2.05, 4.69) is 69.2 Å². The van der Waals surface area contributed by atoms with E-state index in [0.717, 1.165) is 19.3 Å². The summed E-state index contributed by atoms with van der Waals surface area (Å²) in [6, 6.07) is 0. The van der Waals surface area contributed by atoms with Crippen molar-refractivity contribution in [3.8, 4) is 0 Å². The second-order valence-electron chi connectivity index (χ2n) is 10.8. The van der Waals surface area contributed by atoms with Gasteiger partial charge in [-0.05, 0) is 47.3 Å². The summed E-state index contributed by atoms with van der Waals surface area (Å²) < 4.78 is 0. The van der Waals surface area contributed by atoms with E-state index in [4.69, 9.17) is 69.6 Å². The minimum atomic E-state index is -0.173. The molecule has 0 aliphatic rings. The maximum Gasteiger partial charge on any atom is 0.0415 e. The molecule has 0 amide bonds. The van der Waals surface area contributed by atoms with E-state index >= 15 is 0 Å². The Balaban J connectivity index is 5.24. The third-order valence-electron chi connectivity index (χ3n) is 8.57. The van der Waals surface area contributed by atoms with Crippen molar-refractivity contribution in [2.24, 2.45) is 47.3 Å². The monoisotopic (exact) mass is 584 g/mol. The molecule has 0 heterocycles. The Morgan fingerprint density at radius 2 is 0.606 bits per heavy atom. The zero-order valence-corrected chi connectivity index (χ0v) is 27.0. The molecule has 0 radical (unpaired) electrons. The molecular formula is C27H50Cl6. The Bertz CT molecular complexity index is 513. The minimum absolute atomic E-state index is 0.00796. The number of alkyl halides is 6. The van der Waals surface area contributed by atoms with Crippen LogP contribution < -0.4 is 0 Å². The zero-order valence-electron chi connectivity index (χ0n) is 22.5. The van der Waals surface area contributed by atoms with Crippen LogP contribution in [0.5, 0.6) is 0 Å². The molecule has 0 aliphatic heterocycles. The average molecular weight is 587 g/mol. The van der Waals surface area contributed by atoms with Gasteiger partial charge in [0.05, 0.1) is 0 Å². The fourth-order valence-corrected chi connectivity index (χ4v) is 7.67. The molecule has 0 aromatic carbocycles. The summed E-state index contributed by atoms with van der Waals surface area (Å²) in [5.74, 6) is 1.89. The highest BCUT2D eigenvalue weighted by Crippen LogP contribution is 2.41. The predicted molar refractivity (Wildman–Crippen MR) is 156 cm³/mol. The fourth-order valence-electron chi connectivity index (χ4n) is 5.13. The molecule has 13 atom stereocenters. The minimum Gasteiger partial charge on any atom is -0.122 e. The summed E-state index contributed by atoms with van der Waals surface area (Å²) in [5.41, 5.74) is 0. The molecule has 0 saturated carbocycles. The summed E-state index contributed by atoms with van der Waals surface area (Å²) in [5, 5.41) is -0.546. The molecule has 0 saturated heterocycles. The van der Waals surface area contributed by atoms with Crippen LogP contribution in [-0.4, -0.2) is 32.3 Å². The molecule has 0 fully saturated rings. The summed E-state index contributed by atoms with van der Waals surface area (Å²) >= 11 is 41.6. The molecule has 33 heavy (non-hydrogen) atoms. The molecule has 0 aliphatic carbocycles. The van der Waals surface area contributed by atoms with E-state index in [1.807, 2.05) is 0 Å². The van der Waals surface area contributed by atoms with Gasteiger partial charge in [-0.25, -0.2) is 0 Å². The van der Waals surface area contributed by atoms with Crippen molar-refractivity contribution in [2.75, 3.05) is 0 Å². The summed E-state index contributed by atoms with van der Waals surface area (Å²) in [7, 11) is 0. The van der Waals surface area contributed by atoms with Crippen molar-refractivity contribution in [1.29, 1.82) is 0 Å². The normalized spacial score (nSPS) is 24.6. The third-order valence-corrected chi connectivity index (χ3v) is 13.3. The standard InChI is InChI=1S/C27H50Cl6/c1-11-14(4)15(5)22(28)16(6)23(29)17(7)24(30)18(8)25(31)19(9)26(32)20(10)27(33)21(12-2)13-3/h14-27H,11-13H2,1-10H3. The lowest BCUT2D eigenvalue weighted by Crippen LogP contribution is -2.42. The van der Waals surface area contributed by atoms with Crippen LogP contribution in [0.25, 0.3) is 0 Å². The Morgan fingerprint density at radius 1 is 0.364 bits per heavy atom.